The number of hydrogen-bond donors (Lipinski definition) is 1. The molecule has 0 radical (unpaired) electrons. The standard InChI is InChI=1S/C24H30N6O4S/c1-14(2)11-30-21-20(23(33)29(6)24(30)34)22(26-16(4)25-21)35-13-19(32)28(5)12-18(31)27-17-9-7-15(3)8-10-17/h7-10,14H,11-13H2,1-6H3,(H,27,31). The second-order valence-electron chi connectivity index (χ2n) is 8.88. The van der Waals surface area contributed by atoms with Crippen LogP contribution in [-0.4, -0.2) is 55.2 Å². The molecule has 2 amide bonds. The third-order valence-electron chi connectivity index (χ3n) is 5.28. The van der Waals surface area contributed by atoms with Crippen molar-refractivity contribution in [1.82, 2.24) is 24.0 Å². The van der Waals surface area contributed by atoms with Crippen LogP contribution >= 0.6 is 11.8 Å². The summed E-state index contributed by atoms with van der Waals surface area (Å²) in [4.78, 5) is 60.8. The van der Waals surface area contributed by atoms with Crippen LogP contribution in [0.15, 0.2) is 38.9 Å². The Balaban J connectivity index is 1.79. The maximum absolute atomic E-state index is 12.9. The second kappa shape index (κ2) is 10.9. The maximum atomic E-state index is 12.9. The number of benzene rings is 1. The lowest BCUT2D eigenvalue weighted by molar-refractivity contribution is -0.131. The predicted molar refractivity (Wildman–Crippen MR) is 137 cm³/mol. The number of aromatic nitrogens is 4. The molecule has 3 rings (SSSR count). The number of hydrogen-bond acceptors (Lipinski definition) is 7. The molecule has 35 heavy (non-hydrogen) atoms. The van der Waals surface area contributed by atoms with E-state index in [4.69, 9.17) is 0 Å². The number of fused-ring (bicyclic) bond motifs is 1. The number of nitrogens with one attached hydrogen (secondary N) is 1. The number of amides is 2. The second-order valence-corrected chi connectivity index (χ2v) is 9.84. The van der Waals surface area contributed by atoms with E-state index < -0.39 is 11.2 Å². The summed E-state index contributed by atoms with van der Waals surface area (Å²) in [7, 11) is 2.96. The van der Waals surface area contributed by atoms with Crippen molar-refractivity contribution in [2.75, 3.05) is 24.7 Å². The van der Waals surface area contributed by atoms with Crippen molar-refractivity contribution in [3.05, 3.63) is 56.5 Å². The number of carbonyl (C=O) groups excluding carboxylic acids is 2. The summed E-state index contributed by atoms with van der Waals surface area (Å²) in [5.41, 5.74) is 1.05. The van der Waals surface area contributed by atoms with Crippen molar-refractivity contribution in [3.63, 3.8) is 0 Å². The molecule has 2 aromatic heterocycles. The molecule has 0 fully saturated rings. The van der Waals surface area contributed by atoms with E-state index in [1.807, 2.05) is 32.9 Å². The van der Waals surface area contributed by atoms with Crippen molar-refractivity contribution < 1.29 is 9.59 Å². The van der Waals surface area contributed by atoms with Gasteiger partial charge < -0.3 is 10.2 Å². The molecule has 0 aliphatic rings. The summed E-state index contributed by atoms with van der Waals surface area (Å²) in [6.07, 6.45) is 0. The van der Waals surface area contributed by atoms with Crippen LogP contribution in [0.1, 0.15) is 25.2 Å². The third kappa shape index (κ3) is 6.16. The summed E-state index contributed by atoms with van der Waals surface area (Å²) in [6, 6.07) is 7.37. The van der Waals surface area contributed by atoms with Crippen LogP contribution in [0.3, 0.4) is 0 Å². The summed E-state index contributed by atoms with van der Waals surface area (Å²) < 4.78 is 2.51. The molecular weight excluding hydrogens is 468 g/mol. The Morgan fingerprint density at radius 3 is 2.40 bits per heavy atom. The topological polar surface area (TPSA) is 119 Å². The minimum Gasteiger partial charge on any atom is -0.336 e. The first-order chi connectivity index (χ1) is 16.5. The number of carbonyl (C=O) groups is 2. The van der Waals surface area contributed by atoms with Gasteiger partial charge in [0.05, 0.1) is 12.3 Å². The number of rotatable bonds is 8. The highest BCUT2D eigenvalue weighted by Crippen LogP contribution is 2.23. The van der Waals surface area contributed by atoms with Crippen molar-refractivity contribution >= 4 is 40.3 Å². The zero-order valence-electron chi connectivity index (χ0n) is 20.8. The van der Waals surface area contributed by atoms with Crippen LogP contribution in [0.5, 0.6) is 0 Å². The first-order valence-electron chi connectivity index (χ1n) is 11.2. The zero-order valence-corrected chi connectivity index (χ0v) is 21.6. The van der Waals surface area contributed by atoms with Crippen LogP contribution in [0.25, 0.3) is 11.0 Å². The van der Waals surface area contributed by atoms with E-state index in [1.54, 1.807) is 26.1 Å². The number of aryl methyl sites for hydroxylation is 2. The number of likely N-dealkylation sites (N-methyl/N-ethyl adjacent to an activating group) is 1. The van der Waals surface area contributed by atoms with Crippen LogP contribution in [0.2, 0.25) is 0 Å². The molecule has 0 unspecified atom stereocenters. The van der Waals surface area contributed by atoms with Crippen LogP contribution in [-0.2, 0) is 23.2 Å². The normalized spacial score (nSPS) is 11.2. The Labute approximate surface area is 207 Å². The van der Waals surface area contributed by atoms with Crippen LogP contribution in [0.4, 0.5) is 5.69 Å². The average Bonchev–Trinajstić information content (AvgIpc) is 2.79. The van der Waals surface area contributed by atoms with E-state index in [0.717, 1.165) is 21.9 Å². The van der Waals surface area contributed by atoms with Crippen LogP contribution in [0, 0.1) is 19.8 Å². The average molecular weight is 499 g/mol. The molecule has 2 heterocycles. The van der Waals surface area contributed by atoms with Gasteiger partial charge in [0.25, 0.3) is 5.56 Å². The van der Waals surface area contributed by atoms with Crippen LogP contribution < -0.4 is 16.6 Å². The highest BCUT2D eigenvalue weighted by Gasteiger charge is 2.20. The summed E-state index contributed by atoms with van der Waals surface area (Å²) in [6.45, 7) is 7.84. The lowest BCUT2D eigenvalue weighted by atomic mass is 10.2. The van der Waals surface area contributed by atoms with Gasteiger partial charge in [-0.1, -0.05) is 43.3 Å². The molecule has 0 saturated heterocycles. The monoisotopic (exact) mass is 498 g/mol. The van der Waals surface area contributed by atoms with Gasteiger partial charge in [0.2, 0.25) is 11.8 Å². The molecule has 0 saturated carbocycles. The Morgan fingerprint density at radius 1 is 1.11 bits per heavy atom. The van der Waals surface area contributed by atoms with E-state index in [-0.39, 0.29) is 41.1 Å². The van der Waals surface area contributed by atoms with Gasteiger partial charge in [0.15, 0.2) is 5.65 Å². The molecule has 11 heteroatoms. The molecule has 3 aromatic rings. The van der Waals surface area contributed by atoms with Gasteiger partial charge in [0, 0.05) is 26.3 Å². The van der Waals surface area contributed by atoms with Gasteiger partial charge in [-0.15, -0.1) is 0 Å². The molecular formula is C24H30N6O4S. The number of nitrogens with zero attached hydrogens (tertiary/aromatic N) is 5. The quantitative estimate of drug-likeness (QED) is 0.372. The molecule has 0 aliphatic heterocycles. The summed E-state index contributed by atoms with van der Waals surface area (Å²) in [5, 5.41) is 3.30. The van der Waals surface area contributed by atoms with Gasteiger partial charge in [-0.3, -0.25) is 23.5 Å². The van der Waals surface area contributed by atoms with Gasteiger partial charge in [-0.2, -0.15) is 0 Å². The Morgan fingerprint density at radius 2 is 1.77 bits per heavy atom. The van der Waals surface area contributed by atoms with E-state index in [9.17, 15) is 19.2 Å². The fraction of sp³-hybridized carbons (Fsp3) is 0.417. The number of anilines is 1. The molecule has 0 aliphatic carbocycles. The van der Waals surface area contributed by atoms with Crippen molar-refractivity contribution in [2.45, 2.75) is 39.3 Å². The molecule has 10 nitrogen and oxygen atoms in total. The maximum Gasteiger partial charge on any atom is 0.332 e. The SMILES string of the molecule is Cc1ccc(NC(=O)CN(C)C(=O)CSc2nc(C)nc3c2c(=O)n(C)c(=O)n3CC(C)C)cc1. The lowest BCUT2D eigenvalue weighted by Crippen LogP contribution is -2.39. The highest BCUT2D eigenvalue weighted by molar-refractivity contribution is 8.00. The van der Waals surface area contributed by atoms with Gasteiger partial charge in [0.1, 0.15) is 16.2 Å². The fourth-order valence-electron chi connectivity index (χ4n) is 3.46. The minimum absolute atomic E-state index is 0.0354. The fourth-order valence-corrected chi connectivity index (χ4v) is 4.46. The smallest absolute Gasteiger partial charge is 0.332 e. The molecule has 0 bridgehead atoms. The van der Waals surface area contributed by atoms with E-state index in [1.165, 1.54) is 16.5 Å². The van der Waals surface area contributed by atoms with Gasteiger partial charge in [-0.05, 0) is 31.9 Å². The zero-order chi connectivity index (χ0) is 25.9. The molecule has 1 N–H and O–H groups in total. The molecule has 0 spiro atoms. The number of thioether (sulfide) groups is 1. The van der Waals surface area contributed by atoms with Crippen molar-refractivity contribution in [1.29, 1.82) is 0 Å². The van der Waals surface area contributed by atoms with Gasteiger partial charge in [-0.25, -0.2) is 14.8 Å². The Kier molecular flexibility index (Phi) is 8.11. The minimum atomic E-state index is -0.509. The Bertz CT molecular complexity index is 1380. The van der Waals surface area contributed by atoms with Crippen molar-refractivity contribution in [2.24, 2.45) is 13.0 Å². The van der Waals surface area contributed by atoms with E-state index in [0.29, 0.717) is 23.1 Å². The first-order valence-corrected chi connectivity index (χ1v) is 12.2. The predicted octanol–water partition coefficient (Wildman–Crippen LogP) is 1.95. The van der Waals surface area contributed by atoms with Gasteiger partial charge >= 0.3 is 5.69 Å². The molecule has 0 atom stereocenters. The highest BCUT2D eigenvalue weighted by atomic mass is 32.2. The Hall–Kier alpha value is -3.47. The summed E-state index contributed by atoms with van der Waals surface area (Å²) in [5.74, 6) is -0.105. The van der Waals surface area contributed by atoms with E-state index >= 15 is 0 Å². The summed E-state index contributed by atoms with van der Waals surface area (Å²) >= 11 is 1.09. The third-order valence-corrected chi connectivity index (χ3v) is 6.24. The van der Waals surface area contributed by atoms with Crippen molar-refractivity contribution in [3.8, 4) is 0 Å². The van der Waals surface area contributed by atoms with E-state index in [2.05, 4.69) is 15.3 Å². The first kappa shape index (κ1) is 26.1. The lowest BCUT2D eigenvalue weighted by Gasteiger charge is -2.17. The molecule has 1 aromatic carbocycles. The largest absolute Gasteiger partial charge is 0.336 e. The molecule has 186 valence electrons.